The summed E-state index contributed by atoms with van der Waals surface area (Å²) in [4.78, 5) is 11.9. The summed E-state index contributed by atoms with van der Waals surface area (Å²) in [5, 5.41) is 3.60. The van der Waals surface area contributed by atoms with Crippen molar-refractivity contribution in [2.45, 2.75) is 6.92 Å². The molecule has 2 aromatic carbocycles. The van der Waals surface area contributed by atoms with Crippen LogP contribution in [0.3, 0.4) is 0 Å². The summed E-state index contributed by atoms with van der Waals surface area (Å²) in [6.45, 7) is 1.78. The quantitative estimate of drug-likeness (QED) is 0.792. The Kier molecular flexibility index (Phi) is 5.51. The SMILES string of the molecule is Cc1ccc(Cl)c(OCC(=O)Nc2ccc(Br)cc2Cl)c1. The first-order valence-corrected chi connectivity index (χ1v) is 7.64. The summed E-state index contributed by atoms with van der Waals surface area (Å²) < 4.78 is 6.26. The van der Waals surface area contributed by atoms with Crippen molar-refractivity contribution >= 4 is 50.7 Å². The van der Waals surface area contributed by atoms with E-state index in [1.165, 1.54) is 0 Å². The molecule has 0 saturated carbocycles. The molecule has 0 aliphatic rings. The second-order valence-corrected chi connectivity index (χ2v) is 6.12. The van der Waals surface area contributed by atoms with Crippen LogP contribution < -0.4 is 10.1 Å². The van der Waals surface area contributed by atoms with Crippen LogP contribution in [0.25, 0.3) is 0 Å². The second-order valence-electron chi connectivity index (χ2n) is 4.39. The van der Waals surface area contributed by atoms with Gasteiger partial charge in [-0.2, -0.15) is 0 Å². The number of anilines is 1. The summed E-state index contributed by atoms with van der Waals surface area (Å²) in [6.07, 6.45) is 0. The molecule has 21 heavy (non-hydrogen) atoms. The van der Waals surface area contributed by atoms with Gasteiger partial charge in [-0.05, 0) is 42.8 Å². The van der Waals surface area contributed by atoms with Gasteiger partial charge in [-0.1, -0.05) is 45.2 Å². The summed E-state index contributed by atoms with van der Waals surface area (Å²) in [5.41, 5.74) is 1.54. The average molecular weight is 389 g/mol. The van der Waals surface area contributed by atoms with Gasteiger partial charge in [0.2, 0.25) is 0 Å². The molecule has 6 heteroatoms. The normalized spacial score (nSPS) is 10.3. The monoisotopic (exact) mass is 387 g/mol. The topological polar surface area (TPSA) is 38.3 Å². The zero-order valence-electron chi connectivity index (χ0n) is 11.1. The van der Waals surface area contributed by atoms with E-state index in [0.717, 1.165) is 10.0 Å². The molecule has 0 aliphatic carbocycles. The van der Waals surface area contributed by atoms with Crippen LogP contribution in [0.5, 0.6) is 5.75 Å². The minimum absolute atomic E-state index is 0.143. The molecule has 0 bridgehead atoms. The number of benzene rings is 2. The first-order valence-electron chi connectivity index (χ1n) is 6.09. The van der Waals surface area contributed by atoms with E-state index >= 15 is 0 Å². The molecule has 0 unspecified atom stereocenters. The molecule has 0 heterocycles. The van der Waals surface area contributed by atoms with Crippen LogP contribution >= 0.6 is 39.1 Å². The predicted molar refractivity (Wildman–Crippen MR) is 89.5 cm³/mol. The van der Waals surface area contributed by atoms with Crippen molar-refractivity contribution in [3.63, 3.8) is 0 Å². The maximum absolute atomic E-state index is 11.9. The van der Waals surface area contributed by atoms with Gasteiger partial charge < -0.3 is 10.1 Å². The van der Waals surface area contributed by atoms with Crippen LogP contribution in [-0.2, 0) is 4.79 Å². The zero-order valence-corrected chi connectivity index (χ0v) is 14.2. The highest BCUT2D eigenvalue weighted by atomic mass is 79.9. The van der Waals surface area contributed by atoms with Crippen molar-refractivity contribution in [1.29, 1.82) is 0 Å². The fraction of sp³-hybridized carbons (Fsp3) is 0.133. The zero-order chi connectivity index (χ0) is 15.4. The summed E-state index contributed by atoms with van der Waals surface area (Å²) in [7, 11) is 0. The molecule has 1 amide bonds. The Bertz CT molecular complexity index is 677. The van der Waals surface area contributed by atoms with E-state index in [-0.39, 0.29) is 12.5 Å². The van der Waals surface area contributed by atoms with E-state index in [4.69, 9.17) is 27.9 Å². The second kappa shape index (κ2) is 7.16. The van der Waals surface area contributed by atoms with Gasteiger partial charge in [-0.25, -0.2) is 0 Å². The molecule has 0 fully saturated rings. The van der Waals surface area contributed by atoms with Gasteiger partial charge in [0, 0.05) is 4.47 Å². The smallest absolute Gasteiger partial charge is 0.262 e. The molecule has 0 aromatic heterocycles. The third kappa shape index (κ3) is 4.63. The Labute approximate surface area is 141 Å². The van der Waals surface area contributed by atoms with E-state index < -0.39 is 0 Å². The summed E-state index contributed by atoms with van der Waals surface area (Å²) >= 11 is 15.3. The lowest BCUT2D eigenvalue weighted by atomic mass is 10.2. The Balaban J connectivity index is 1.97. The van der Waals surface area contributed by atoms with Crippen LogP contribution in [0.1, 0.15) is 5.56 Å². The van der Waals surface area contributed by atoms with Gasteiger partial charge >= 0.3 is 0 Å². The van der Waals surface area contributed by atoms with Crippen LogP contribution in [0.2, 0.25) is 10.0 Å². The number of nitrogens with one attached hydrogen (secondary N) is 1. The van der Waals surface area contributed by atoms with Crippen LogP contribution in [0.4, 0.5) is 5.69 Å². The van der Waals surface area contributed by atoms with Crippen LogP contribution in [0.15, 0.2) is 40.9 Å². The van der Waals surface area contributed by atoms with Crippen LogP contribution in [-0.4, -0.2) is 12.5 Å². The number of carbonyl (C=O) groups excluding carboxylic acids is 1. The van der Waals surface area contributed by atoms with Crippen molar-refractivity contribution in [3.05, 3.63) is 56.5 Å². The number of halogens is 3. The Hall–Kier alpha value is -1.23. The number of aryl methyl sites for hydroxylation is 1. The third-order valence-corrected chi connectivity index (χ3v) is 3.77. The molecule has 1 N–H and O–H groups in total. The maximum Gasteiger partial charge on any atom is 0.262 e. The van der Waals surface area contributed by atoms with E-state index in [0.29, 0.717) is 21.5 Å². The molecule has 3 nitrogen and oxygen atoms in total. The molecule has 0 radical (unpaired) electrons. The van der Waals surface area contributed by atoms with E-state index in [1.807, 2.05) is 13.0 Å². The van der Waals surface area contributed by atoms with Gasteiger partial charge in [0.25, 0.3) is 5.91 Å². The van der Waals surface area contributed by atoms with Crippen molar-refractivity contribution in [2.75, 3.05) is 11.9 Å². The summed E-state index contributed by atoms with van der Waals surface area (Å²) in [6, 6.07) is 10.6. The third-order valence-electron chi connectivity index (χ3n) is 2.65. The molecule has 110 valence electrons. The molecular weight excluding hydrogens is 377 g/mol. The molecular formula is C15H12BrCl2NO2. The van der Waals surface area contributed by atoms with Gasteiger partial charge in [-0.15, -0.1) is 0 Å². The van der Waals surface area contributed by atoms with Crippen molar-refractivity contribution in [2.24, 2.45) is 0 Å². The van der Waals surface area contributed by atoms with Gasteiger partial charge in [0.1, 0.15) is 5.75 Å². The number of ether oxygens (including phenoxy) is 1. The number of hydrogen-bond acceptors (Lipinski definition) is 2. The summed E-state index contributed by atoms with van der Waals surface area (Å²) in [5.74, 6) is 0.172. The fourth-order valence-corrected chi connectivity index (χ4v) is 2.53. The molecule has 0 atom stereocenters. The standard InChI is InChI=1S/C15H12BrCl2NO2/c1-9-2-4-11(17)14(6-9)21-8-15(20)19-13-5-3-10(16)7-12(13)18/h2-7H,8H2,1H3,(H,19,20). The maximum atomic E-state index is 11.9. The lowest BCUT2D eigenvalue weighted by Crippen LogP contribution is -2.20. The molecule has 0 aliphatic heterocycles. The first kappa shape index (κ1) is 16.1. The number of hydrogen-bond donors (Lipinski definition) is 1. The first-order chi connectivity index (χ1) is 9.95. The lowest BCUT2D eigenvalue weighted by Gasteiger charge is -2.10. The average Bonchev–Trinajstić information content (AvgIpc) is 2.43. The minimum Gasteiger partial charge on any atom is -0.482 e. The van der Waals surface area contributed by atoms with Crippen molar-refractivity contribution in [3.8, 4) is 5.75 Å². The Morgan fingerprint density at radius 2 is 1.95 bits per heavy atom. The van der Waals surface area contributed by atoms with E-state index in [2.05, 4.69) is 21.2 Å². The predicted octanol–water partition coefficient (Wildman–Crippen LogP) is 5.08. The number of carbonyl (C=O) groups is 1. The van der Waals surface area contributed by atoms with E-state index in [9.17, 15) is 4.79 Å². The highest BCUT2D eigenvalue weighted by Gasteiger charge is 2.09. The van der Waals surface area contributed by atoms with Gasteiger partial charge in [0.05, 0.1) is 15.7 Å². The Morgan fingerprint density at radius 3 is 2.67 bits per heavy atom. The highest BCUT2D eigenvalue weighted by molar-refractivity contribution is 9.10. The van der Waals surface area contributed by atoms with Gasteiger partial charge in [-0.3, -0.25) is 4.79 Å². The molecule has 0 spiro atoms. The fourth-order valence-electron chi connectivity index (χ4n) is 1.64. The minimum atomic E-state index is -0.309. The van der Waals surface area contributed by atoms with Crippen molar-refractivity contribution < 1.29 is 9.53 Å². The largest absolute Gasteiger partial charge is 0.482 e. The lowest BCUT2D eigenvalue weighted by molar-refractivity contribution is -0.118. The van der Waals surface area contributed by atoms with Crippen LogP contribution in [0, 0.1) is 6.92 Å². The number of rotatable bonds is 4. The van der Waals surface area contributed by atoms with Crippen molar-refractivity contribution in [1.82, 2.24) is 0 Å². The van der Waals surface area contributed by atoms with E-state index in [1.54, 1.807) is 30.3 Å². The molecule has 0 saturated heterocycles. The Morgan fingerprint density at radius 1 is 1.19 bits per heavy atom. The molecule has 2 aromatic rings. The van der Waals surface area contributed by atoms with Gasteiger partial charge in [0.15, 0.2) is 6.61 Å². The number of amides is 1. The molecule has 2 rings (SSSR count). The highest BCUT2D eigenvalue weighted by Crippen LogP contribution is 2.27.